The Balaban J connectivity index is 2.75. The number of halogens is 1. The highest BCUT2D eigenvalue weighted by atomic mass is 19.1. The van der Waals surface area contributed by atoms with Crippen LogP contribution in [-0.2, 0) is 11.2 Å². The molecule has 0 aromatic heterocycles. The van der Waals surface area contributed by atoms with Crippen molar-refractivity contribution in [2.75, 3.05) is 0 Å². The fourth-order valence-electron chi connectivity index (χ4n) is 1.83. The standard InChI is InChI=1S/C14H19FO3/c1-3-14(2,18)9-11(13(16)17)8-10-4-6-12(15)7-5-10/h4-7,11,18H,3,8-9H2,1-2H3,(H,16,17). The van der Waals surface area contributed by atoms with Gasteiger partial charge in [0.05, 0.1) is 11.5 Å². The molecule has 0 saturated heterocycles. The Bertz CT molecular complexity index is 398. The Hall–Kier alpha value is -1.42. The van der Waals surface area contributed by atoms with Gasteiger partial charge in [-0.05, 0) is 43.9 Å². The summed E-state index contributed by atoms with van der Waals surface area (Å²) in [5, 5.41) is 19.1. The summed E-state index contributed by atoms with van der Waals surface area (Å²) >= 11 is 0. The first-order chi connectivity index (χ1) is 8.34. The van der Waals surface area contributed by atoms with Gasteiger partial charge in [-0.2, -0.15) is 0 Å². The molecule has 4 heteroatoms. The second-order valence-electron chi connectivity index (χ2n) is 4.92. The molecule has 0 aliphatic heterocycles. The van der Waals surface area contributed by atoms with Gasteiger partial charge in [0.15, 0.2) is 0 Å². The van der Waals surface area contributed by atoms with Gasteiger partial charge >= 0.3 is 5.97 Å². The maximum absolute atomic E-state index is 12.8. The number of carboxylic acids is 1. The van der Waals surface area contributed by atoms with Crippen molar-refractivity contribution in [2.24, 2.45) is 5.92 Å². The van der Waals surface area contributed by atoms with E-state index in [0.717, 1.165) is 5.56 Å². The van der Waals surface area contributed by atoms with Crippen LogP contribution >= 0.6 is 0 Å². The molecule has 0 fully saturated rings. The number of aliphatic carboxylic acids is 1. The van der Waals surface area contributed by atoms with Gasteiger partial charge in [0, 0.05) is 0 Å². The molecular weight excluding hydrogens is 235 g/mol. The van der Waals surface area contributed by atoms with Crippen molar-refractivity contribution in [1.82, 2.24) is 0 Å². The number of benzene rings is 1. The predicted molar refractivity (Wildman–Crippen MR) is 66.8 cm³/mol. The number of aliphatic hydroxyl groups is 1. The molecule has 1 rings (SSSR count). The number of carbonyl (C=O) groups is 1. The summed E-state index contributed by atoms with van der Waals surface area (Å²) in [6, 6.07) is 5.77. The number of carboxylic acid groups (broad SMARTS) is 1. The first-order valence-electron chi connectivity index (χ1n) is 6.03. The minimum atomic E-state index is -0.983. The van der Waals surface area contributed by atoms with Gasteiger partial charge in [0.1, 0.15) is 5.82 Å². The van der Waals surface area contributed by atoms with Crippen LogP contribution in [0.1, 0.15) is 32.3 Å². The van der Waals surface area contributed by atoms with Crippen molar-refractivity contribution in [3.63, 3.8) is 0 Å². The average Bonchev–Trinajstić information content (AvgIpc) is 2.31. The molecular formula is C14H19FO3. The molecule has 2 N–H and O–H groups in total. The van der Waals surface area contributed by atoms with Crippen LogP contribution in [0.3, 0.4) is 0 Å². The van der Waals surface area contributed by atoms with Crippen molar-refractivity contribution in [3.8, 4) is 0 Å². The SMILES string of the molecule is CCC(C)(O)CC(Cc1ccc(F)cc1)C(=O)O. The zero-order chi connectivity index (χ0) is 13.8. The smallest absolute Gasteiger partial charge is 0.306 e. The first kappa shape index (κ1) is 14.6. The zero-order valence-electron chi connectivity index (χ0n) is 10.7. The van der Waals surface area contributed by atoms with E-state index < -0.39 is 17.5 Å². The Labute approximate surface area is 106 Å². The van der Waals surface area contributed by atoms with Crippen molar-refractivity contribution in [1.29, 1.82) is 0 Å². The molecule has 2 unspecified atom stereocenters. The third-order valence-electron chi connectivity index (χ3n) is 3.19. The third kappa shape index (κ3) is 4.45. The largest absolute Gasteiger partial charge is 0.481 e. The number of hydrogen-bond acceptors (Lipinski definition) is 2. The van der Waals surface area contributed by atoms with Gasteiger partial charge in [-0.3, -0.25) is 4.79 Å². The molecule has 0 saturated carbocycles. The van der Waals surface area contributed by atoms with Crippen LogP contribution in [0.2, 0.25) is 0 Å². The van der Waals surface area contributed by atoms with Crippen LogP contribution in [0.15, 0.2) is 24.3 Å². The Morgan fingerprint density at radius 2 is 1.94 bits per heavy atom. The molecule has 100 valence electrons. The topological polar surface area (TPSA) is 57.5 Å². The maximum atomic E-state index is 12.8. The molecule has 0 radical (unpaired) electrons. The number of rotatable bonds is 6. The van der Waals surface area contributed by atoms with Gasteiger partial charge in [-0.1, -0.05) is 19.1 Å². The Morgan fingerprint density at radius 3 is 2.39 bits per heavy atom. The molecule has 0 aliphatic carbocycles. The van der Waals surface area contributed by atoms with Crippen molar-refractivity contribution in [2.45, 2.75) is 38.7 Å². The van der Waals surface area contributed by atoms with Crippen molar-refractivity contribution in [3.05, 3.63) is 35.6 Å². The minimum Gasteiger partial charge on any atom is -0.481 e. The molecule has 0 bridgehead atoms. The Kier molecular flexibility index (Phi) is 4.84. The molecule has 1 aromatic carbocycles. The van der Waals surface area contributed by atoms with Crippen LogP contribution in [-0.4, -0.2) is 21.8 Å². The average molecular weight is 254 g/mol. The predicted octanol–water partition coefficient (Wildman–Crippen LogP) is 2.62. The lowest BCUT2D eigenvalue weighted by Gasteiger charge is -2.25. The Morgan fingerprint density at radius 1 is 1.39 bits per heavy atom. The summed E-state index contributed by atoms with van der Waals surface area (Å²) in [5.74, 6) is -1.94. The molecule has 0 amide bonds. The van der Waals surface area contributed by atoms with Gasteiger partial charge in [0.25, 0.3) is 0 Å². The normalized spacial score (nSPS) is 16.0. The monoisotopic (exact) mass is 254 g/mol. The molecule has 0 spiro atoms. The zero-order valence-corrected chi connectivity index (χ0v) is 10.7. The van der Waals surface area contributed by atoms with E-state index in [0.29, 0.717) is 12.8 Å². The lowest BCUT2D eigenvalue weighted by atomic mass is 9.86. The summed E-state index contributed by atoms with van der Waals surface area (Å²) in [7, 11) is 0. The second-order valence-corrected chi connectivity index (χ2v) is 4.92. The van der Waals surface area contributed by atoms with Gasteiger partial charge in [0.2, 0.25) is 0 Å². The molecule has 0 heterocycles. The molecule has 0 aliphatic rings. The highest BCUT2D eigenvalue weighted by Gasteiger charge is 2.28. The van der Waals surface area contributed by atoms with Crippen molar-refractivity contribution >= 4 is 5.97 Å². The van der Waals surface area contributed by atoms with E-state index in [9.17, 15) is 14.3 Å². The fraction of sp³-hybridized carbons (Fsp3) is 0.500. The first-order valence-corrected chi connectivity index (χ1v) is 6.03. The fourth-order valence-corrected chi connectivity index (χ4v) is 1.83. The third-order valence-corrected chi connectivity index (χ3v) is 3.19. The van der Waals surface area contributed by atoms with Crippen molar-refractivity contribution < 1.29 is 19.4 Å². The lowest BCUT2D eigenvalue weighted by Crippen LogP contribution is -2.31. The molecule has 2 atom stereocenters. The van der Waals surface area contributed by atoms with Crippen LogP contribution in [0.5, 0.6) is 0 Å². The second kappa shape index (κ2) is 5.96. The van der Waals surface area contributed by atoms with Gasteiger partial charge < -0.3 is 10.2 Å². The summed E-state index contributed by atoms with van der Waals surface area (Å²) < 4.78 is 12.8. The van der Waals surface area contributed by atoms with Crippen LogP contribution in [0.25, 0.3) is 0 Å². The van der Waals surface area contributed by atoms with Crippen LogP contribution in [0, 0.1) is 11.7 Å². The lowest BCUT2D eigenvalue weighted by molar-refractivity contribution is -0.144. The minimum absolute atomic E-state index is 0.191. The molecule has 3 nitrogen and oxygen atoms in total. The highest BCUT2D eigenvalue weighted by molar-refractivity contribution is 5.70. The quantitative estimate of drug-likeness (QED) is 0.820. The highest BCUT2D eigenvalue weighted by Crippen LogP contribution is 2.23. The van der Waals surface area contributed by atoms with E-state index >= 15 is 0 Å². The van der Waals surface area contributed by atoms with E-state index in [1.165, 1.54) is 12.1 Å². The number of hydrogen-bond donors (Lipinski definition) is 2. The van der Waals surface area contributed by atoms with Crippen LogP contribution < -0.4 is 0 Å². The van der Waals surface area contributed by atoms with E-state index in [2.05, 4.69) is 0 Å². The maximum Gasteiger partial charge on any atom is 0.306 e. The van der Waals surface area contributed by atoms with E-state index in [4.69, 9.17) is 5.11 Å². The van der Waals surface area contributed by atoms with E-state index in [1.807, 2.05) is 6.92 Å². The van der Waals surface area contributed by atoms with Gasteiger partial charge in [-0.15, -0.1) is 0 Å². The van der Waals surface area contributed by atoms with Crippen LogP contribution in [0.4, 0.5) is 4.39 Å². The van der Waals surface area contributed by atoms with E-state index in [-0.39, 0.29) is 12.2 Å². The van der Waals surface area contributed by atoms with E-state index in [1.54, 1.807) is 19.1 Å². The summed E-state index contributed by atoms with van der Waals surface area (Å²) in [4.78, 5) is 11.2. The summed E-state index contributed by atoms with van der Waals surface area (Å²) in [6.07, 6.45) is 0.988. The summed E-state index contributed by atoms with van der Waals surface area (Å²) in [5.41, 5.74) is -0.223. The molecule has 1 aromatic rings. The summed E-state index contributed by atoms with van der Waals surface area (Å²) in [6.45, 7) is 3.45. The van der Waals surface area contributed by atoms with Gasteiger partial charge in [-0.25, -0.2) is 4.39 Å². The molecule has 18 heavy (non-hydrogen) atoms.